The topological polar surface area (TPSA) is 78.4 Å². The van der Waals surface area contributed by atoms with Gasteiger partial charge in [0.15, 0.2) is 0 Å². The van der Waals surface area contributed by atoms with E-state index in [1.54, 1.807) is 0 Å². The molecule has 0 spiro atoms. The highest BCUT2D eigenvalue weighted by Gasteiger charge is 2.14. The van der Waals surface area contributed by atoms with Crippen molar-refractivity contribution >= 4 is 17.7 Å². The maximum absolute atomic E-state index is 13.0. The lowest BCUT2D eigenvalue weighted by molar-refractivity contribution is 0.0697. The molecule has 1 aromatic rings. The van der Waals surface area contributed by atoms with Crippen LogP contribution in [0.2, 0.25) is 0 Å². The third kappa shape index (κ3) is 5.81. The van der Waals surface area contributed by atoms with E-state index in [9.17, 15) is 14.0 Å². The van der Waals surface area contributed by atoms with E-state index in [-0.39, 0.29) is 17.3 Å². The number of carbonyl (C=O) groups excluding carboxylic acids is 1. The van der Waals surface area contributed by atoms with Gasteiger partial charge >= 0.3 is 12.0 Å². The maximum Gasteiger partial charge on any atom is 0.337 e. The quantitative estimate of drug-likeness (QED) is 0.752. The zero-order valence-electron chi connectivity index (χ0n) is 12.4. The van der Waals surface area contributed by atoms with E-state index in [0.717, 1.165) is 25.0 Å². The lowest BCUT2D eigenvalue weighted by Gasteiger charge is -2.16. The molecule has 0 aromatic heterocycles. The van der Waals surface area contributed by atoms with Gasteiger partial charge in [0.25, 0.3) is 0 Å². The summed E-state index contributed by atoms with van der Waals surface area (Å²) in [4.78, 5) is 22.8. The summed E-state index contributed by atoms with van der Waals surface area (Å²) in [6.45, 7) is 6.08. The highest BCUT2D eigenvalue weighted by molar-refractivity contribution is 6.00. The molecule has 21 heavy (non-hydrogen) atoms. The van der Waals surface area contributed by atoms with Crippen LogP contribution < -0.4 is 10.6 Å². The molecule has 0 heterocycles. The second-order valence-electron chi connectivity index (χ2n) is 5.47. The molecule has 0 aliphatic heterocycles. The van der Waals surface area contributed by atoms with E-state index in [0.29, 0.717) is 5.92 Å². The summed E-state index contributed by atoms with van der Waals surface area (Å²) in [6, 6.07) is 2.68. The zero-order chi connectivity index (χ0) is 16.0. The van der Waals surface area contributed by atoms with Gasteiger partial charge in [-0.2, -0.15) is 0 Å². The first-order valence-electron chi connectivity index (χ1n) is 6.90. The molecule has 1 rings (SSSR count). The molecule has 0 saturated heterocycles. The number of halogens is 1. The van der Waals surface area contributed by atoms with Gasteiger partial charge in [0.1, 0.15) is 5.82 Å². The summed E-state index contributed by atoms with van der Waals surface area (Å²) in [5.74, 6) is -1.41. The summed E-state index contributed by atoms with van der Waals surface area (Å²) < 4.78 is 13.0. The fourth-order valence-corrected chi connectivity index (χ4v) is 1.84. The number of urea groups is 1. The fourth-order valence-electron chi connectivity index (χ4n) is 1.84. The second-order valence-corrected chi connectivity index (χ2v) is 5.47. The number of hydrogen-bond acceptors (Lipinski definition) is 2. The lowest BCUT2D eigenvalue weighted by atomic mass is 10.0. The van der Waals surface area contributed by atoms with Gasteiger partial charge < -0.3 is 15.7 Å². The molecule has 3 N–H and O–H groups in total. The minimum absolute atomic E-state index is 0.0267. The van der Waals surface area contributed by atoms with E-state index in [4.69, 9.17) is 5.11 Å². The summed E-state index contributed by atoms with van der Waals surface area (Å²) >= 11 is 0. The van der Waals surface area contributed by atoms with Gasteiger partial charge in [0, 0.05) is 6.04 Å². The highest BCUT2D eigenvalue weighted by atomic mass is 19.1. The van der Waals surface area contributed by atoms with E-state index in [1.165, 1.54) is 6.07 Å². The molecule has 0 saturated carbocycles. The van der Waals surface area contributed by atoms with Crippen molar-refractivity contribution < 1.29 is 19.1 Å². The third-order valence-corrected chi connectivity index (χ3v) is 3.01. The number of aromatic carboxylic acids is 1. The zero-order valence-corrected chi connectivity index (χ0v) is 12.4. The smallest absolute Gasteiger partial charge is 0.337 e. The SMILES string of the molecule is CC(C)CCC(C)NC(=O)Nc1ccc(F)cc1C(=O)O. The van der Waals surface area contributed by atoms with Crippen LogP contribution in [0, 0.1) is 11.7 Å². The first-order chi connectivity index (χ1) is 9.79. The van der Waals surface area contributed by atoms with Crippen LogP contribution in [0.3, 0.4) is 0 Å². The van der Waals surface area contributed by atoms with Gasteiger partial charge in [-0.05, 0) is 43.9 Å². The number of benzene rings is 1. The molecule has 116 valence electrons. The Morgan fingerprint density at radius 3 is 2.48 bits per heavy atom. The molecular weight excluding hydrogens is 275 g/mol. The van der Waals surface area contributed by atoms with Crippen LogP contribution >= 0.6 is 0 Å². The van der Waals surface area contributed by atoms with Crippen molar-refractivity contribution in [2.75, 3.05) is 5.32 Å². The molecule has 1 atom stereocenters. The molecule has 0 aliphatic carbocycles. The predicted octanol–water partition coefficient (Wildman–Crippen LogP) is 3.47. The van der Waals surface area contributed by atoms with Crippen LogP contribution in [0.4, 0.5) is 14.9 Å². The first-order valence-corrected chi connectivity index (χ1v) is 6.90. The van der Waals surface area contributed by atoms with Crippen LogP contribution in [0.25, 0.3) is 0 Å². The number of anilines is 1. The normalized spacial score (nSPS) is 12.0. The number of carbonyl (C=O) groups is 2. The molecule has 1 unspecified atom stereocenters. The van der Waals surface area contributed by atoms with E-state index in [1.807, 2.05) is 6.92 Å². The Hall–Kier alpha value is -2.11. The lowest BCUT2D eigenvalue weighted by Crippen LogP contribution is -2.36. The number of carboxylic acid groups (broad SMARTS) is 1. The minimum atomic E-state index is -1.29. The molecule has 0 radical (unpaired) electrons. The molecule has 5 nitrogen and oxygen atoms in total. The Morgan fingerprint density at radius 1 is 1.24 bits per heavy atom. The maximum atomic E-state index is 13.0. The van der Waals surface area contributed by atoms with Gasteiger partial charge in [-0.15, -0.1) is 0 Å². The summed E-state index contributed by atoms with van der Waals surface area (Å²) in [5.41, 5.74) is -0.211. The molecular formula is C15H21FN2O3. The average molecular weight is 296 g/mol. The molecule has 2 amide bonds. The van der Waals surface area contributed by atoms with Crippen LogP contribution in [-0.2, 0) is 0 Å². The monoisotopic (exact) mass is 296 g/mol. The van der Waals surface area contributed by atoms with E-state index >= 15 is 0 Å². The van der Waals surface area contributed by atoms with Gasteiger partial charge in [-0.1, -0.05) is 13.8 Å². The van der Waals surface area contributed by atoms with Crippen molar-refractivity contribution in [3.8, 4) is 0 Å². The Labute approximate surface area is 123 Å². The van der Waals surface area contributed by atoms with Crippen LogP contribution in [0.15, 0.2) is 18.2 Å². The predicted molar refractivity (Wildman–Crippen MR) is 79.0 cm³/mol. The second kappa shape index (κ2) is 7.61. The Bertz CT molecular complexity index is 518. The number of rotatable bonds is 6. The van der Waals surface area contributed by atoms with Crippen LogP contribution in [-0.4, -0.2) is 23.1 Å². The summed E-state index contributed by atoms with van der Waals surface area (Å²) in [7, 11) is 0. The number of amides is 2. The Kier molecular flexibility index (Phi) is 6.14. The van der Waals surface area contributed by atoms with Crippen molar-refractivity contribution in [1.29, 1.82) is 0 Å². The van der Waals surface area contributed by atoms with Crippen molar-refractivity contribution in [1.82, 2.24) is 5.32 Å². The number of nitrogens with one attached hydrogen (secondary N) is 2. The molecule has 0 fully saturated rings. The van der Waals surface area contributed by atoms with E-state index < -0.39 is 17.8 Å². The third-order valence-electron chi connectivity index (χ3n) is 3.01. The minimum Gasteiger partial charge on any atom is -0.478 e. The fraction of sp³-hybridized carbons (Fsp3) is 0.467. The standard InChI is InChI=1S/C15H21FN2O3/c1-9(2)4-5-10(3)17-15(21)18-13-7-6-11(16)8-12(13)14(19)20/h6-10H,4-5H2,1-3H3,(H,19,20)(H2,17,18,21). The van der Waals surface area contributed by atoms with Gasteiger partial charge in [0.2, 0.25) is 0 Å². The Balaban J connectivity index is 2.65. The van der Waals surface area contributed by atoms with Crippen molar-refractivity contribution in [2.24, 2.45) is 5.92 Å². The van der Waals surface area contributed by atoms with Gasteiger partial charge in [0.05, 0.1) is 11.3 Å². The average Bonchev–Trinajstić information content (AvgIpc) is 2.38. The van der Waals surface area contributed by atoms with E-state index in [2.05, 4.69) is 24.5 Å². The first kappa shape index (κ1) is 16.9. The Morgan fingerprint density at radius 2 is 1.90 bits per heavy atom. The van der Waals surface area contributed by atoms with Gasteiger partial charge in [-0.25, -0.2) is 14.0 Å². The summed E-state index contributed by atoms with van der Waals surface area (Å²) in [5, 5.41) is 14.2. The number of carboxylic acids is 1. The molecule has 1 aromatic carbocycles. The summed E-state index contributed by atoms with van der Waals surface area (Å²) in [6.07, 6.45) is 1.82. The highest BCUT2D eigenvalue weighted by Crippen LogP contribution is 2.17. The van der Waals surface area contributed by atoms with Gasteiger partial charge in [-0.3, -0.25) is 0 Å². The van der Waals surface area contributed by atoms with Crippen LogP contribution in [0.5, 0.6) is 0 Å². The van der Waals surface area contributed by atoms with Crippen molar-refractivity contribution in [3.63, 3.8) is 0 Å². The molecule has 6 heteroatoms. The molecule has 0 aliphatic rings. The number of hydrogen-bond donors (Lipinski definition) is 3. The molecule has 0 bridgehead atoms. The van der Waals surface area contributed by atoms with Crippen LogP contribution in [0.1, 0.15) is 44.0 Å². The largest absolute Gasteiger partial charge is 0.478 e. The van der Waals surface area contributed by atoms with Crippen molar-refractivity contribution in [3.05, 3.63) is 29.6 Å². The van der Waals surface area contributed by atoms with Crippen molar-refractivity contribution in [2.45, 2.75) is 39.7 Å².